The molecule has 2 aromatic heterocycles. The molecule has 1 unspecified atom stereocenters. The van der Waals surface area contributed by atoms with Gasteiger partial charge in [-0.15, -0.1) is 0 Å². The summed E-state index contributed by atoms with van der Waals surface area (Å²) in [5.41, 5.74) is 2.56. The van der Waals surface area contributed by atoms with Crippen LogP contribution in [0.4, 0.5) is 0 Å². The second-order valence-electron chi connectivity index (χ2n) is 7.08. The third-order valence-corrected chi connectivity index (χ3v) is 4.96. The average molecular weight is 361 g/mol. The van der Waals surface area contributed by atoms with Crippen LogP contribution in [0.25, 0.3) is 0 Å². The molecule has 4 rings (SSSR count). The first-order valence-electron chi connectivity index (χ1n) is 9.40. The van der Waals surface area contributed by atoms with E-state index in [0.717, 1.165) is 43.2 Å². The zero-order chi connectivity index (χ0) is 18.6. The summed E-state index contributed by atoms with van der Waals surface area (Å²) in [6.07, 6.45) is 4.47. The maximum atomic E-state index is 12.8. The van der Waals surface area contributed by atoms with Gasteiger partial charge in [0.05, 0.1) is 12.1 Å². The number of aryl methyl sites for hydroxylation is 1. The normalized spacial score (nSPS) is 17.1. The van der Waals surface area contributed by atoms with Crippen LogP contribution in [-0.2, 0) is 6.42 Å². The predicted octanol–water partition coefficient (Wildman–Crippen LogP) is 3.99. The summed E-state index contributed by atoms with van der Waals surface area (Å²) >= 11 is 0. The lowest BCUT2D eigenvalue weighted by atomic mass is 9.97. The lowest BCUT2D eigenvalue weighted by Gasteiger charge is -2.31. The number of oxazole rings is 1. The Labute approximate surface area is 159 Å². The number of hydrogen-bond donors (Lipinski definition) is 0. The predicted molar refractivity (Wildman–Crippen MR) is 103 cm³/mol. The molecule has 1 aliphatic rings. The van der Waals surface area contributed by atoms with E-state index in [1.807, 2.05) is 48.4 Å². The van der Waals surface area contributed by atoms with Crippen LogP contribution < -0.4 is 0 Å². The highest BCUT2D eigenvalue weighted by Crippen LogP contribution is 2.28. The number of piperidine rings is 1. The number of pyridine rings is 1. The number of carbonyl (C=O) groups is 1. The highest BCUT2D eigenvalue weighted by Gasteiger charge is 2.29. The van der Waals surface area contributed by atoms with Crippen LogP contribution in [0.1, 0.15) is 52.2 Å². The Bertz CT molecular complexity index is 920. The molecule has 0 radical (unpaired) electrons. The molecule has 1 aliphatic heterocycles. The molecule has 0 spiro atoms. The molecular formula is C22H23N3O2. The summed E-state index contributed by atoms with van der Waals surface area (Å²) in [7, 11) is 0. The molecule has 1 atom stereocenters. The second kappa shape index (κ2) is 7.74. The van der Waals surface area contributed by atoms with Crippen LogP contribution in [-0.4, -0.2) is 33.9 Å². The van der Waals surface area contributed by atoms with Crippen molar-refractivity contribution in [3.8, 4) is 0 Å². The molecule has 0 aliphatic carbocycles. The van der Waals surface area contributed by atoms with Crippen molar-refractivity contribution < 1.29 is 9.21 Å². The van der Waals surface area contributed by atoms with Gasteiger partial charge in [-0.2, -0.15) is 0 Å². The Morgan fingerprint density at radius 1 is 1.19 bits per heavy atom. The molecule has 1 amide bonds. The highest BCUT2D eigenvalue weighted by atomic mass is 16.4. The van der Waals surface area contributed by atoms with Crippen LogP contribution >= 0.6 is 0 Å². The van der Waals surface area contributed by atoms with E-state index in [-0.39, 0.29) is 11.8 Å². The maximum absolute atomic E-state index is 12.8. The fraction of sp³-hybridized carbons (Fsp3) is 0.318. The molecule has 1 fully saturated rings. The van der Waals surface area contributed by atoms with Gasteiger partial charge in [-0.3, -0.25) is 4.79 Å². The first kappa shape index (κ1) is 17.5. The SMILES string of the molecule is Cc1cccc(C(=O)N2CCCC(c3ncc(Cc4ccccc4)o3)C2)n1. The van der Waals surface area contributed by atoms with E-state index in [1.165, 1.54) is 5.56 Å². The molecule has 27 heavy (non-hydrogen) atoms. The summed E-state index contributed by atoms with van der Waals surface area (Å²) < 4.78 is 6.02. The molecule has 0 saturated carbocycles. The Hall–Kier alpha value is -2.95. The number of benzene rings is 1. The number of likely N-dealkylation sites (tertiary alicyclic amines) is 1. The van der Waals surface area contributed by atoms with Gasteiger partial charge >= 0.3 is 0 Å². The quantitative estimate of drug-likeness (QED) is 0.705. The van der Waals surface area contributed by atoms with Gasteiger partial charge in [0.1, 0.15) is 11.5 Å². The first-order valence-corrected chi connectivity index (χ1v) is 9.40. The van der Waals surface area contributed by atoms with Crippen LogP contribution in [0, 0.1) is 6.92 Å². The Balaban J connectivity index is 1.45. The summed E-state index contributed by atoms with van der Waals surface area (Å²) in [5, 5.41) is 0. The zero-order valence-corrected chi connectivity index (χ0v) is 15.5. The molecule has 3 heterocycles. The van der Waals surface area contributed by atoms with E-state index >= 15 is 0 Å². The summed E-state index contributed by atoms with van der Waals surface area (Å²) in [6.45, 7) is 3.28. The van der Waals surface area contributed by atoms with E-state index < -0.39 is 0 Å². The number of carbonyl (C=O) groups excluding carboxylic acids is 1. The number of hydrogen-bond acceptors (Lipinski definition) is 4. The Morgan fingerprint density at radius 2 is 2.04 bits per heavy atom. The standard InChI is InChI=1S/C22H23N3O2/c1-16-7-5-11-20(24-16)22(26)25-12-6-10-18(15-25)21-23-14-19(27-21)13-17-8-3-2-4-9-17/h2-5,7-9,11,14,18H,6,10,12-13,15H2,1H3. The molecule has 5 nitrogen and oxygen atoms in total. The van der Waals surface area contributed by atoms with Gasteiger partial charge in [-0.05, 0) is 37.5 Å². The molecule has 138 valence electrons. The minimum atomic E-state index is -0.0144. The van der Waals surface area contributed by atoms with Crippen molar-refractivity contribution in [2.75, 3.05) is 13.1 Å². The fourth-order valence-electron chi connectivity index (χ4n) is 3.58. The van der Waals surface area contributed by atoms with Crippen molar-refractivity contribution >= 4 is 5.91 Å². The molecule has 5 heteroatoms. The number of amides is 1. The summed E-state index contributed by atoms with van der Waals surface area (Å²) in [4.78, 5) is 23.5. The van der Waals surface area contributed by atoms with Crippen molar-refractivity contribution in [1.82, 2.24) is 14.9 Å². The van der Waals surface area contributed by atoms with E-state index in [4.69, 9.17) is 4.42 Å². The highest BCUT2D eigenvalue weighted by molar-refractivity contribution is 5.92. The van der Waals surface area contributed by atoms with Gasteiger partial charge in [-0.1, -0.05) is 36.4 Å². The van der Waals surface area contributed by atoms with E-state index in [0.29, 0.717) is 12.2 Å². The van der Waals surface area contributed by atoms with E-state index in [1.54, 1.807) is 6.07 Å². The van der Waals surface area contributed by atoms with Gasteiger partial charge in [0.25, 0.3) is 5.91 Å². The van der Waals surface area contributed by atoms with Crippen LogP contribution in [0.2, 0.25) is 0 Å². The average Bonchev–Trinajstić information content (AvgIpc) is 3.17. The van der Waals surface area contributed by atoms with Crippen LogP contribution in [0.3, 0.4) is 0 Å². The van der Waals surface area contributed by atoms with Gasteiger partial charge in [0.2, 0.25) is 0 Å². The molecule has 1 saturated heterocycles. The van der Waals surface area contributed by atoms with Crippen LogP contribution in [0.15, 0.2) is 59.1 Å². The Morgan fingerprint density at radius 3 is 2.85 bits per heavy atom. The van der Waals surface area contributed by atoms with E-state index in [2.05, 4.69) is 22.1 Å². The third kappa shape index (κ3) is 4.08. The minimum absolute atomic E-state index is 0.0144. The first-order chi connectivity index (χ1) is 13.2. The lowest BCUT2D eigenvalue weighted by molar-refractivity contribution is 0.0691. The zero-order valence-electron chi connectivity index (χ0n) is 15.5. The molecule has 3 aromatic rings. The van der Waals surface area contributed by atoms with Gasteiger partial charge in [-0.25, -0.2) is 9.97 Å². The van der Waals surface area contributed by atoms with Gasteiger partial charge < -0.3 is 9.32 Å². The molecule has 1 aromatic carbocycles. The van der Waals surface area contributed by atoms with Gasteiger partial charge in [0.15, 0.2) is 5.89 Å². The minimum Gasteiger partial charge on any atom is -0.445 e. The summed E-state index contributed by atoms with van der Waals surface area (Å²) in [5.74, 6) is 1.71. The fourth-order valence-corrected chi connectivity index (χ4v) is 3.58. The third-order valence-electron chi connectivity index (χ3n) is 4.96. The van der Waals surface area contributed by atoms with Crippen LogP contribution in [0.5, 0.6) is 0 Å². The maximum Gasteiger partial charge on any atom is 0.272 e. The van der Waals surface area contributed by atoms with Crippen molar-refractivity contribution in [1.29, 1.82) is 0 Å². The Kier molecular flexibility index (Phi) is 5.01. The van der Waals surface area contributed by atoms with Crippen molar-refractivity contribution in [3.63, 3.8) is 0 Å². The second-order valence-corrected chi connectivity index (χ2v) is 7.08. The number of nitrogens with zero attached hydrogens (tertiary/aromatic N) is 3. The lowest BCUT2D eigenvalue weighted by Crippen LogP contribution is -2.39. The molecular weight excluding hydrogens is 338 g/mol. The van der Waals surface area contributed by atoms with Crippen molar-refractivity contribution in [2.24, 2.45) is 0 Å². The smallest absolute Gasteiger partial charge is 0.272 e. The molecule has 0 N–H and O–H groups in total. The van der Waals surface area contributed by atoms with Crippen molar-refractivity contribution in [2.45, 2.75) is 32.1 Å². The topological polar surface area (TPSA) is 59.2 Å². The number of aromatic nitrogens is 2. The largest absolute Gasteiger partial charge is 0.445 e. The monoisotopic (exact) mass is 361 g/mol. The number of rotatable bonds is 4. The van der Waals surface area contributed by atoms with E-state index in [9.17, 15) is 4.79 Å². The molecule has 0 bridgehead atoms. The van der Waals surface area contributed by atoms with Gasteiger partial charge in [0, 0.05) is 25.2 Å². The van der Waals surface area contributed by atoms with Crippen molar-refractivity contribution in [3.05, 3.63) is 83.3 Å². The summed E-state index contributed by atoms with van der Waals surface area (Å²) in [6, 6.07) is 15.8.